The fourth-order valence-corrected chi connectivity index (χ4v) is 3.26. The van der Waals surface area contributed by atoms with E-state index in [-0.39, 0.29) is 0 Å². The highest BCUT2D eigenvalue weighted by molar-refractivity contribution is 5.28. The van der Waals surface area contributed by atoms with Gasteiger partial charge in [-0.25, -0.2) is 4.98 Å². The average molecular weight is 310 g/mol. The second kappa shape index (κ2) is 8.11. The Kier molecular flexibility index (Phi) is 5.65. The van der Waals surface area contributed by atoms with Crippen LogP contribution in [-0.4, -0.2) is 23.0 Å². The molecule has 3 rings (SSSR count). The first-order valence-corrected chi connectivity index (χ1v) is 8.79. The molecule has 0 bridgehead atoms. The molecule has 0 spiro atoms. The Balaban J connectivity index is 1.67. The third-order valence-corrected chi connectivity index (χ3v) is 4.52. The summed E-state index contributed by atoms with van der Waals surface area (Å²) in [5.74, 6) is 1.49. The van der Waals surface area contributed by atoms with Crippen LogP contribution < -0.4 is 4.74 Å². The van der Waals surface area contributed by atoms with Gasteiger partial charge in [0.1, 0.15) is 5.75 Å². The Hall–Kier alpha value is -1.87. The van der Waals surface area contributed by atoms with E-state index in [1.165, 1.54) is 50.8 Å². The number of rotatable bonds is 6. The van der Waals surface area contributed by atoms with Gasteiger partial charge in [0, 0.05) is 18.3 Å². The molecule has 1 fully saturated rings. The van der Waals surface area contributed by atoms with Crippen LogP contribution in [0, 0.1) is 0 Å². The van der Waals surface area contributed by atoms with Gasteiger partial charge in [-0.1, -0.05) is 44.0 Å². The highest BCUT2D eigenvalue weighted by Gasteiger charge is 2.23. The van der Waals surface area contributed by atoms with Crippen LogP contribution in [0.3, 0.4) is 0 Å². The van der Waals surface area contributed by atoms with Crippen LogP contribution in [0.15, 0.2) is 48.7 Å². The molecule has 1 aliphatic heterocycles. The summed E-state index contributed by atoms with van der Waals surface area (Å²) in [6.45, 7) is 4.67. The molecule has 0 aliphatic carbocycles. The summed E-state index contributed by atoms with van der Waals surface area (Å²) in [5, 5.41) is 0. The molecule has 1 aromatic carbocycles. The molecule has 1 unspecified atom stereocenters. The van der Waals surface area contributed by atoms with Crippen molar-refractivity contribution < 1.29 is 4.74 Å². The van der Waals surface area contributed by atoms with Crippen LogP contribution in [0.1, 0.15) is 50.6 Å². The van der Waals surface area contributed by atoms with Gasteiger partial charge in [-0.15, -0.1) is 0 Å². The van der Waals surface area contributed by atoms with E-state index in [1.807, 2.05) is 42.6 Å². The molecular formula is C20H26N2O. The van der Waals surface area contributed by atoms with Crippen molar-refractivity contribution in [1.29, 1.82) is 0 Å². The minimum atomic E-state index is 0.522. The minimum absolute atomic E-state index is 0.522. The normalized spacial score (nSPS) is 18.7. The molecule has 0 N–H and O–H groups in total. The minimum Gasteiger partial charge on any atom is -0.439 e. The highest BCUT2D eigenvalue weighted by atomic mass is 16.5. The Morgan fingerprint density at radius 1 is 1.13 bits per heavy atom. The van der Waals surface area contributed by atoms with Gasteiger partial charge < -0.3 is 4.74 Å². The topological polar surface area (TPSA) is 25.4 Å². The molecule has 1 aromatic heterocycles. The Morgan fingerprint density at radius 2 is 2.00 bits per heavy atom. The number of para-hydroxylation sites is 1. The van der Waals surface area contributed by atoms with Gasteiger partial charge in [0.15, 0.2) is 0 Å². The fraction of sp³-hybridized carbons (Fsp3) is 0.450. The van der Waals surface area contributed by atoms with Gasteiger partial charge >= 0.3 is 0 Å². The summed E-state index contributed by atoms with van der Waals surface area (Å²) in [4.78, 5) is 7.14. The fourth-order valence-electron chi connectivity index (χ4n) is 3.26. The van der Waals surface area contributed by atoms with Crippen molar-refractivity contribution in [3.05, 3.63) is 54.2 Å². The van der Waals surface area contributed by atoms with E-state index in [0.717, 1.165) is 5.75 Å². The standard InChI is InChI=1S/C20H26N2O/c1-2-3-14-22-15-8-7-11-19(22)17-12-13-20(21-16-17)23-18-9-5-4-6-10-18/h4-6,9-10,12-13,16,19H,2-3,7-8,11,14-15H2,1H3. The number of pyridine rings is 1. The van der Waals surface area contributed by atoms with Crippen molar-refractivity contribution in [3.8, 4) is 11.6 Å². The van der Waals surface area contributed by atoms with E-state index in [1.54, 1.807) is 0 Å². The number of ether oxygens (including phenoxy) is 1. The van der Waals surface area contributed by atoms with Crippen LogP contribution in [0.4, 0.5) is 0 Å². The molecule has 1 atom stereocenters. The number of likely N-dealkylation sites (tertiary alicyclic amines) is 1. The van der Waals surface area contributed by atoms with Crippen molar-refractivity contribution >= 4 is 0 Å². The van der Waals surface area contributed by atoms with Gasteiger partial charge in [-0.3, -0.25) is 4.90 Å². The molecule has 3 nitrogen and oxygen atoms in total. The molecule has 23 heavy (non-hydrogen) atoms. The van der Waals surface area contributed by atoms with E-state index < -0.39 is 0 Å². The van der Waals surface area contributed by atoms with Gasteiger partial charge in [0.25, 0.3) is 0 Å². The monoisotopic (exact) mass is 310 g/mol. The van der Waals surface area contributed by atoms with Crippen LogP contribution in [0.25, 0.3) is 0 Å². The largest absolute Gasteiger partial charge is 0.439 e. The van der Waals surface area contributed by atoms with Crippen molar-refractivity contribution in [2.75, 3.05) is 13.1 Å². The van der Waals surface area contributed by atoms with Crippen molar-refractivity contribution in [3.63, 3.8) is 0 Å². The van der Waals surface area contributed by atoms with Crippen LogP contribution in [-0.2, 0) is 0 Å². The van der Waals surface area contributed by atoms with Crippen LogP contribution in [0.5, 0.6) is 11.6 Å². The maximum absolute atomic E-state index is 5.79. The van der Waals surface area contributed by atoms with Gasteiger partial charge in [0.2, 0.25) is 5.88 Å². The SMILES string of the molecule is CCCCN1CCCCC1c1ccc(Oc2ccccc2)nc1. The van der Waals surface area contributed by atoms with E-state index in [9.17, 15) is 0 Å². The molecule has 1 saturated heterocycles. The number of hydrogen-bond acceptors (Lipinski definition) is 3. The lowest BCUT2D eigenvalue weighted by molar-refractivity contribution is 0.146. The Bertz CT molecular complexity index is 582. The lowest BCUT2D eigenvalue weighted by Crippen LogP contribution is -2.34. The van der Waals surface area contributed by atoms with Crippen LogP contribution >= 0.6 is 0 Å². The first-order valence-electron chi connectivity index (χ1n) is 8.79. The number of nitrogens with zero attached hydrogens (tertiary/aromatic N) is 2. The summed E-state index contributed by atoms with van der Waals surface area (Å²) in [5.41, 5.74) is 1.32. The number of hydrogen-bond donors (Lipinski definition) is 0. The van der Waals surface area contributed by atoms with E-state index in [0.29, 0.717) is 11.9 Å². The first-order chi connectivity index (χ1) is 11.4. The molecule has 2 aromatic rings. The molecule has 1 aliphatic rings. The number of aromatic nitrogens is 1. The van der Waals surface area contributed by atoms with Gasteiger partial charge in [-0.05, 0) is 50.0 Å². The summed E-state index contributed by atoms with van der Waals surface area (Å²) in [6.07, 6.45) is 8.40. The van der Waals surface area contributed by atoms with Gasteiger partial charge in [0.05, 0.1) is 0 Å². The zero-order valence-electron chi connectivity index (χ0n) is 13.9. The van der Waals surface area contributed by atoms with Crippen molar-refractivity contribution in [2.24, 2.45) is 0 Å². The Morgan fingerprint density at radius 3 is 2.74 bits per heavy atom. The molecule has 0 amide bonds. The first kappa shape index (κ1) is 16.0. The highest BCUT2D eigenvalue weighted by Crippen LogP contribution is 2.31. The summed E-state index contributed by atoms with van der Waals surface area (Å²) in [7, 11) is 0. The number of piperidine rings is 1. The molecule has 0 radical (unpaired) electrons. The van der Waals surface area contributed by atoms with Crippen molar-refractivity contribution in [2.45, 2.75) is 45.1 Å². The predicted octanol–water partition coefficient (Wildman–Crippen LogP) is 5.20. The number of benzene rings is 1. The maximum Gasteiger partial charge on any atom is 0.219 e. The molecule has 122 valence electrons. The molecule has 3 heteroatoms. The zero-order valence-corrected chi connectivity index (χ0v) is 13.9. The smallest absolute Gasteiger partial charge is 0.219 e. The average Bonchev–Trinajstić information content (AvgIpc) is 2.62. The van der Waals surface area contributed by atoms with Gasteiger partial charge in [-0.2, -0.15) is 0 Å². The molecular weight excluding hydrogens is 284 g/mol. The molecule has 0 saturated carbocycles. The third-order valence-electron chi connectivity index (χ3n) is 4.52. The number of unbranched alkanes of at least 4 members (excludes halogenated alkanes) is 1. The van der Waals surface area contributed by atoms with E-state index >= 15 is 0 Å². The summed E-state index contributed by atoms with van der Waals surface area (Å²) < 4.78 is 5.79. The lowest BCUT2D eigenvalue weighted by atomic mass is 9.96. The Labute approximate surface area is 139 Å². The van der Waals surface area contributed by atoms with E-state index in [2.05, 4.69) is 22.9 Å². The zero-order chi connectivity index (χ0) is 15.9. The summed E-state index contributed by atoms with van der Waals surface area (Å²) >= 11 is 0. The maximum atomic E-state index is 5.79. The summed E-state index contributed by atoms with van der Waals surface area (Å²) in [6, 6.07) is 14.5. The predicted molar refractivity (Wildman–Crippen MR) is 93.8 cm³/mol. The van der Waals surface area contributed by atoms with Crippen LogP contribution in [0.2, 0.25) is 0 Å². The van der Waals surface area contributed by atoms with E-state index in [4.69, 9.17) is 4.74 Å². The quantitative estimate of drug-likeness (QED) is 0.733. The lowest BCUT2D eigenvalue weighted by Gasteiger charge is -2.35. The second-order valence-electron chi connectivity index (χ2n) is 6.25. The molecule has 2 heterocycles. The third kappa shape index (κ3) is 4.32. The van der Waals surface area contributed by atoms with Crippen molar-refractivity contribution in [1.82, 2.24) is 9.88 Å². The second-order valence-corrected chi connectivity index (χ2v) is 6.25.